The maximum atomic E-state index is 14.2. The molecule has 1 aromatic rings. The van der Waals surface area contributed by atoms with Gasteiger partial charge < -0.3 is 15.0 Å². The summed E-state index contributed by atoms with van der Waals surface area (Å²) >= 11 is 0. The van der Waals surface area contributed by atoms with Crippen molar-refractivity contribution in [3.63, 3.8) is 0 Å². The van der Waals surface area contributed by atoms with Crippen molar-refractivity contribution < 1.29 is 15.3 Å². The molecule has 0 radical (unpaired) electrons. The van der Waals surface area contributed by atoms with Crippen molar-refractivity contribution in [2.75, 3.05) is 33.4 Å². The van der Waals surface area contributed by atoms with Gasteiger partial charge in [0.1, 0.15) is 5.82 Å². The Labute approximate surface area is 176 Å². The van der Waals surface area contributed by atoms with Crippen molar-refractivity contribution in [3.05, 3.63) is 35.1 Å². The summed E-state index contributed by atoms with van der Waals surface area (Å²) in [4.78, 5) is 14.8. The molecule has 164 valence electrons. The third-order valence-electron chi connectivity index (χ3n) is 6.73. The zero-order chi connectivity index (χ0) is 21.1. The number of carbonyl (C=O) groups excluding carboxylic acids is 1. The van der Waals surface area contributed by atoms with Crippen LogP contribution in [0.4, 0.5) is 4.39 Å². The van der Waals surface area contributed by atoms with Gasteiger partial charge in [0.15, 0.2) is 0 Å². The second-order valence-corrected chi connectivity index (χ2v) is 10.1. The molecule has 1 spiro atoms. The van der Waals surface area contributed by atoms with E-state index in [0.29, 0.717) is 18.4 Å². The lowest BCUT2D eigenvalue weighted by Crippen LogP contribution is -2.47. The molecule has 1 heterocycles. The van der Waals surface area contributed by atoms with E-state index in [-0.39, 0.29) is 24.6 Å². The summed E-state index contributed by atoms with van der Waals surface area (Å²) in [5.41, 5.74) is 2.62. The second-order valence-electron chi connectivity index (χ2n) is 10.1. The molecule has 5 heteroatoms. The predicted octanol–water partition coefficient (Wildman–Crippen LogP) is 4.83. The number of hydrogen-bond acceptors (Lipinski definition) is 3. The van der Waals surface area contributed by atoms with Crippen LogP contribution in [0.25, 0.3) is 0 Å². The summed E-state index contributed by atoms with van der Waals surface area (Å²) in [6.45, 7) is 10.6. The molecule has 1 fully saturated rings. The highest BCUT2D eigenvalue weighted by Gasteiger charge is 2.42. The highest BCUT2D eigenvalue weighted by Crippen LogP contribution is 2.48. The number of halogens is 1. The lowest BCUT2D eigenvalue weighted by atomic mass is 9.63. The Bertz CT molecular complexity index is 712. The van der Waals surface area contributed by atoms with E-state index in [1.54, 1.807) is 13.2 Å². The first kappa shape index (κ1) is 22.2. The fraction of sp³-hybridized carbons (Fsp3) is 0.708. The number of nitrogens with zero attached hydrogens (tertiary/aromatic N) is 1. The fourth-order valence-corrected chi connectivity index (χ4v) is 4.83. The minimum Gasteiger partial charge on any atom is -0.384 e. The fourth-order valence-electron chi connectivity index (χ4n) is 4.83. The Balaban J connectivity index is 0.00000320. The van der Waals surface area contributed by atoms with Crippen LogP contribution in [0.2, 0.25) is 0 Å². The number of rotatable bonds is 6. The lowest BCUT2D eigenvalue weighted by Gasteiger charge is -2.47. The van der Waals surface area contributed by atoms with Gasteiger partial charge in [0.2, 0.25) is 5.91 Å². The Morgan fingerprint density at radius 1 is 1.31 bits per heavy atom. The number of fused-ring (bicyclic) bond motifs is 2. The summed E-state index contributed by atoms with van der Waals surface area (Å²) in [5.74, 6) is -0.176. The summed E-state index contributed by atoms with van der Waals surface area (Å²) in [7, 11) is 1.60. The van der Waals surface area contributed by atoms with Gasteiger partial charge >= 0.3 is 0 Å². The number of hydrogen-bond donors (Lipinski definition) is 1. The Morgan fingerprint density at radius 3 is 2.69 bits per heavy atom. The van der Waals surface area contributed by atoms with Crippen LogP contribution in [0.1, 0.15) is 77.9 Å². The maximum absolute atomic E-state index is 14.2. The van der Waals surface area contributed by atoms with Crippen molar-refractivity contribution in [3.8, 4) is 0 Å². The van der Waals surface area contributed by atoms with Gasteiger partial charge in [-0.25, -0.2) is 4.39 Å². The standard InChI is InChI=1S/C24H37FN2O2.H2/c1-23(2,3)10-13-27-14-11-24(12-15-27)9-7-21(26-22(28)8-16-29-4)19-6-5-18(25)17-20(19)24;/h5-6,17,21H,7-16H2,1-4H3,(H,26,28);1H/t21-;/m1./s1. The summed E-state index contributed by atoms with van der Waals surface area (Å²) in [5, 5.41) is 3.15. The van der Waals surface area contributed by atoms with Gasteiger partial charge in [-0.15, -0.1) is 0 Å². The number of carbonyl (C=O) groups is 1. The SMILES string of the molecule is COCCC(=O)N[C@@H]1CCC2(CCN(CCC(C)(C)C)CC2)c2cc(F)ccc21.[HH]. The lowest BCUT2D eigenvalue weighted by molar-refractivity contribution is -0.122. The molecule has 0 bridgehead atoms. The van der Waals surface area contributed by atoms with Crippen LogP contribution in [-0.4, -0.2) is 44.2 Å². The monoisotopic (exact) mass is 406 g/mol. The molecule has 1 aliphatic heterocycles. The van der Waals surface area contributed by atoms with Crippen LogP contribution >= 0.6 is 0 Å². The van der Waals surface area contributed by atoms with E-state index in [0.717, 1.165) is 56.4 Å². The third-order valence-corrected chi connectivity index (χ3v) is 6.73. The molecule has 1 atom stereocenters. The highest BCUT2D eigenvalue weighted by molar-refractivity contribution is 5.76. The molecule has 4 nitrogen and oxygen atoms in total. The molecule has 1 aromatic carbocycles. The molecule has 1 N–H and O–H groups in total. The Hall–Kier alpha value is -1.46. The maximum Gasteiger partial charge on any atom is 0.222 e. The van der Waals surface area contributed by atoms with Crippen LogP contribution in [0.15, 0.2) is 18.2 Å². The van der Waals surface area contributed by atoms with Gasteiger partial charge in [-0.2, -0.15) is 0 Å². The minimum absolute atomic E-state index is 0. The van der Waals surface area contributed by atoms with E-state index in [4.69, 9.17) is 4.74 Å². The van der Waals surface area contributed by atoms with E-state index in [1.165, 1.54) is 12.5 Å². The molecule has 3 rings (SSSR count). The number of likely N-dealkylation sites (tertiary alicyclic amines) is 1. The van der Waals surface area contributed by atoms with Crippen molar-refractivity contribution in [2.45, 2.75) is 70.8 Å². The number of nitrogens with one attached hydrogen (secondary N) is 1. The number of amides is 1. The average Bonchev–Trinajstić information content (AvgIpc) is 2.68. The third kappa shape index (κ3) is 5.58. The number of ether oxygens (including phenoxy) is 1. The topological polar surface area (TPSA) is 41.6 Å². The molecule has 0 saturated carbocycles. The van der Waals surface area contributed by atoms with Crippen LogP contribution < -0.4 is 5.32 Å². The number of benzene rings is 1. The van der Waals surface area contributed by atoms with Gasteiger partial charge in [-0.05, 0) is 85.8 Å². The molecule has 1 aliphatic carbocycles. The van der Waals surface area contributed by atoms with Crippen molar-refractivity contribution in [1.82, 2.24) is 10.2 Å². The van der Waals surface area contributed by atoms with E-state index in [1.807, 2.05) is 6.07 Å². The molecule has 1 saturated heterocycles. The summed E-state index contributed by atoms with van der Waals surface area (Å²) < 4.78 is 19.2. The van der Waals surface area contributed by atoms with Crippen LogP contribution in [0, 0.1) is 11.2 Å². The van der Waals surface area contributed by atoms with Gasteiger partial charge in [0.05, 0.1) is 12.6 Å². The summed E-state index contributed by atoms with van der Waals surface area (Å²) in [6, 6.07) is 5.12. The van der Waals surface area contributed by atoms with E-state index in [2.05, 4.69) is 31.0 Å². The van der Waals surface area contributed by atoms with Gasteiger partial charge in [0, 0.05) is 15.0 Å². The second kappa shape index (κ2) is 9.13. The van der Waals surface area contributed by atoms with E-state index < -0.39 is 0 Å². The van der Waals surface area contributed by atoms with Gasteiger partial charge in [-0.3, -0.25) is 4.79 Å². The zero-order valence-electron chi connectivity index (χ0n) is 18.5. The summed E-state index contributed by atoms with van der Waals surface area (Å²) in [6.07, 6.45) is 5.61. The van der Waals surface area contributed by atoms with Crippen LogP contribution in [0.5, 0.6) is 0 Å². The zero-order valence-corrected chi connectivity index (χ0v) is 18.5. The first-order chi connectivity index (χ1) is 13.7. The quantitative estimate of drug-likeness (QED) is 0.736. The van der Waals surface area contributed by atoms with Crippen molar-refractivity contribution >= 4 is 5.91 Å². The molecule has 0 unspecified atom stereocenters. The number of methoxy groups -OCH3 is 1. The first-order valence-corrected chi connectivity index (χ1v) is 11.0. The van der Waals surface area contributed by atoms with Crippen molar-refractivity contribution in [1.29, 1.82) is 0 Å². The smallest absolute Gasteiger partial charge is 0.222 e. The van der Waals surface area contributed by atoms with Gasteiger partial charge in [-0.1, -0.05) is 26.8 Å². The van der Waals surface area contributed by atoms with Crippen LogP contribution in [0.3, 0.4) is 0 Å². The molecule has 2 aliphatic rings. The molecular weight excluding hydrogens is 367 g/mol. The van der Waals surface area contributed by atoms with E-state index >= 15 is 0 Å². The first-order valence-electron chi connectivity index (χ1n) is 11.0. The Kier molecular flexibility index (Phi) is 7.00. The molecule has 29 heavy (non-hydrogen) atoms. The van der Waals surface area contributed by atoms with Crippen LogP contribution in [-0.2, 0) is 14.9 Å². The predicted molar refractivity (Wildman–Crippen MR) is 117 cm³/mol. The molecular formula is C24H39FN2O2. The number of piperidine rings is 1. The largest absolute Gasteiger partial charge is 0.384 e. The molecule has 1 amide bonds. The Morgan fingerprint density at radius 2 is 2.03 bits per heavy atom. The van der Waals surface area contributed by atoms with Crippen molar-refractivity contribution in [2.24, 2.45) is 5.41 Å². The normalized spacial score (nSPS) is 21.8. The van der Waals surface area contributed by atoms with Gasteiger partial charge in [0.25, 0.3) is 0 Å². The minimum atomic E-state index is -0.176. The molecule has 0 aromatic heterocycles. The highest BCUT2D eigenvalue weighted by atomic mass is 19.1. The van der Waals surface area contributed by atoms with E-state index in [9.17, 15) is 9.18 Å². The average molecular weight is 407 g/mol.